The molecule has 0 heterocycles. The highest BCUT2D eigenvalue weighted by Crippen LogP contribution is 2.50. The molecule has 4 nitrogen and oxygen atoms in total. The van der Waals surface area contributed by atoms with Gasteiger partial charge in [0.1, 0.15) is 5.78 Å². The molecular formula is C62H50O4. The van der Waals surface area contributed by atoms with Gasteiger partial charge in [-0.25, -0.2) is 0 Å². The van der Waals surface area contributed by atoms with Crippen molar-refractivity contribution in [1.82, 2.24) is 0 Å². The fraction of sp³-hybridized carbons (Fsp3) is 0.129. The highest BCUT2D eigenvalue weighted by atomic mass is 16.1. The molecule has 4 heteroatoms. The van der Waals surface area contributed by atoms with E-state index in [9.17, 15) is 19.2 Å². The van der Waals surface area contributed by atoms with Gasteiger partial charge in [-0.05, 0) is 136 Å². The lowest BCUT2D eigenvalue weighted by Gasteiger charge is -2.26. The van der Waals surface area contributed by atoms with E-state index in [2.05, 4.69) is 121 Å². The summed E-state index contributed by atoms with van der Waals surface area (Å²) in [5, 5.41) is 0. The SMILES string of the molecule is CC(=O)c1ccc(-c2ccccc2-c2cc(-c3ccccc3-c3ccc(C(C)=O)cc3)c(-c3ccccc3C3C=CC(C(C)=O)CC3)cc2-c2ccccc2-c2ccc(C(C)=O)cc2)cc1. The minimum atomic E-state index is -0.0733. The third-order valence-electron chi connectivity index (χ3n) is 13.2. The zero-order chi connectivity index (χ0) is 45.9. The summed E-state index contributed by atoms with van der Waals surface area (Å²) >= 11 is 0. The van der Waals surface area contributed by atoms with Gasteiger partial charge in [-0.3, -0.25) is 19.2 Å². The van der Waals surface area contributed by atoms with Crippen LogP contribution in [0.3, 0.4) is 0 Å². The van der Waals surface area contributed by atoms with Crippen LogP contribution in [0.1, 0.15) is 83.1 Å². The van der Waals surface area contributed by atoms with E-state index in [1.54, 1.807) is 27.7 Å². The lowest BCUT2D eigenvalue weighted by atomic mass is 9.77. The fourth-order valence-corrected chi connectivity index (χ4v) is 9.54. The average molecular weight is 859 g/mol. The van der Waals surface area contributed by atoms with E-state index in [-0.39, 0.29) is 35.0 Å². The van der Waals surface area contributed by atoms with Crippen molar-refractivity contribution >= 4 is 23.1 Å². The summed E-state index contributed by atoms with van der Waals surface area (Å²) in [6.07, 6.45) is 5.96. The fourth-order valence-electron chi connectivity index (χ4n) is 9.54. The maximum absolute atomic E-state index is 12.5. The molecule has 322 valence electrons. The first-order valence-corrected chi connectivity index (χ1v) is 22.6. The molecular weight excluding hydrogens is 809 g/mol. The Kier molecular flexibility index (Phi) is 12.3. The molecule has 0 fully saturated rings. The van der Waals surface area contributed by atoms with Crippen molar-refractivity contribution < 1.29 is 19.2 Å². The Hall–Kier alpha value is -7.82. The van der Waals surface area contributed by atoms with Crippen LogP contribution >= 0.6 is 0 Å². The highest BCUT2D eigenvalue weighted by molar-refractivity contribution is 6.04. The van der Waals surface area contributed by atoms with Gasteiger partial charge in [0, 0.05) is 28.5 Å². The molecule has 0 bridgehead atoms. The third-order valence-corrected chi connectivity index (χ3v) is 13.2. The molecule has 8 aromatic rings. The Morgan fingerprint density at radius 3 is 0.970 bits per heavy atom. The Bertz CT molecular complexity index is 3190. The summed E-state index contributed by atoms with van der Waals surface area (Å²) in [4.78, 5) is 49.7. The number of hydrogen-bond donors (Lipinski definition) is 0. The number of ketones is 4. The van der Waals surface area contributed by atoms with Crippen molar-refractivity contribution in [2.24, 2.45) is 5.92 Å². The van der Waals surface area contributed by atoms with Gasteiger partial charge in [0.25, 0.3) is 0 Å². The Labute approximate surface area is 387 Å². The first-order valence-electron chi connectivity index (χ1n) is 22.6. The number of benzene rings is 8. The normalized spacial score (nSPS) is 14.4. The Morgan fingerprint density at radius 2 is 0.652 bits per heavy atom. The van der Waals surface area contributed by atoms with Gasteiger partial charge in [0.15, 0.2) is 17.3 Å². The number of carbonyl (C=O) groups excluding carboxylic acids is 4. The maximum atomic E-state index is 12.5. The number of rotatable bonds is 12. The second kappa shape index (κ2) is 18.7. The summed E-state index contributed by atoms with van der Waals surface area (Å²) < 4.78 is 0. The van der Waals surface area contributed by atoms with Crippen molar-refractivity contribution in [1.29, 1.82) is 0 Å². The third kappa shape index (κ3) is 8.71. The molecule has 8 aromatic carbocycles. The van der Waals surface area contributed by atoms with Gasteiger partial charge in [-0.15, -0.1) is 0 Å². The molecule has 0 saturated heterocycles. The summed E-state index contributed by atoms with van der Waals surface area (Å²) in [6, 6.07) is 62.4. The predicted molar refractivity (Wildman–Crippen MR) is 270 cm³/mol. The summed E-state index contributed by atoms with van der Waals surface area (Å²) in [6.45, 7) is 6.45. The van der Waals surface area contributed by atoms with E-state index in [0.29, 0.717) is 16.7 Å². The number of Topliss-reactive ketones (excluding diaryl/α,β-unsaturated/α-hetero) is 4. The topological polar surface area (TPSA) is 68.3 Å². The number of hydrogen-bond acceptors (Lipinski definition) is 4. The molecule has 0 aromatic heterocycles. The average Bonchev–Trinajstić information content (AvgIpc) is 3.36. The maximum Gasteiger partial charge on any atom is 0.159 e. The lowest BCUT2D eigenvalue weighted by molar-refractivity contribution is -0.119. The monoisotopic (exact) mass is 858 g/mol. The second-order valence-corrected chi connectivity index (χ2v) is 17.4. The van der Waals surface area contributed by atoms with Crippen LogP contribution in [0.5, 0.6) is 0 Å². The quantitative estimate of drug-likeness (QED) is 0.0906. The smallest absolute Gasteiger partial charge is 0.159 e. The van der Waals surface area contributed by atoms with E-state index in [1.165, 1.54) is 5.56 Å². The van der Waals surface area contributed by atoms with Crippen molar-refractivity contribution in [2.45, 2.75) is 46.5 Å². The first kappa shape index (κ1) is 43.4. The molecule has 0 spiro atoms. The van der Waals surface area contributed by atoms with Crippen LogP contribution in [-0.2, 0) is 4.79 Å². The van der Waals surface area contributed by atoms with Gasteiger partial charge in [0.05, 0.1) is 0 Å². The molecule has 9 rings (SSSR count). The van der Waals surface area contributed by atoms with Crippen molar-refractivity contribution in [3.63, 3.8) is 0 Å². The summed E-state index contributed by atoms with van der Waals surface area (Å²) in [7, 11) is 0. The molecule has 1 aliphatic rings. The second-order valence-electron chi connectivity index (χ2n) is 17.4. The first-order chi connectivity index (χ1) is 32.0. The van der Waals surface area contributed by atoms with Crippen LogP contribution in [0.4, 0.5) is 0 Å². The van der Waals surface area contributed by atoms with E-state index in [1.807, 2.05) is 72.8 Å². The molecule has 66 heavy (non-hydrogen) atoms. The largest absolute Gasteiger partial charge is 0.299 e. The van der Waals surface area contributed by atoms with Crippen LogP contribution in [-0.4, -0.2) is 23.1 Å². The molecule has 0 N–H and O–H groups in total. The minimum absolute atomic E-state index is 0.0163. The summed E-state index contributed by atoms with van der Waals surface area (Å²) in [5.41, 5.74) is 17.6. The minimum Gasteiger partial charge on any atom is -0.299 e. The van der Waals surface area contributed by atoms with Gasteiger partial charge in [0.2, 0.25) is 0 Å². The standard InChI is InChI=1S/C62H50O4/c1-39(63)43-21-29-47(30-22-43)51-13-5-9-17-55(51)59-37-61(57-19-11-7-15-53(57)49-33-25-45(26-34-49)41(3)65)62(58-20-12-8-16-54(58)50-35-27-46(28-36-50)42(4)66)38-60(59)56-18-10-6-14-52(56)48-31-23-44(24-32-48)40(2)64/h5-27,29-35,37-38,46,50H,28,36H2,1-4H3. The lowest BCUT2D eigenvalue weighted by Crippen LogP contribution is -2.14. The van der Waals surface area contributed by atoms with Gasteiger partial charge < -0.3 is 0 Å². The van der Waals surface area contributed by atoms with E-state index >= 15 is 0 Å². The van der Waals surface area contributed by atoms with Crippen LogP contribution in [0, 0.1) is 5.92 Å². The molecule has 0 radical (unpaired) electrons. The van der Waals surface area contributed by atoms with Crippen molar-refractivity contribution in [3.8, 4) is 77.9 Å². The number of carbonyl (C=O) groups is 4. The van der Waals surface area contributed by atoms with E-state index < -0.39 is 0 Å². The zero-order valence-electron chi connectivity index (χ0n) is 37.7. The molecule has 1 aliphatic carbocycles. The molecule has 0 aliphatic heterocycles. The van der Waals surface area contributed by atoms with Gasteiger partial charge >= 0.3 is 0 Å². The van der Waals surface area contributed by atoms with Gasteiger partial charge in [-0.2, -0.15) is 0 Å². The highest BCUT2D eigenvalue weighted by Gasteiger charge is 2.26. The van der Waals surface area contributed by atoms with Crippen molar-refractivity contribution in [2.75, 3.05) is 0 Å². The Balaban J connectivity index is 1.38. The van der Waals surface area contributed by atoms with Crippen LogP contribution in [0.2, 0.25) is 0 Å². The van der Waals surface area contributed by atoms with Crippen LogP contribution < -0.4 is 0 Å². The van der Waals surface area contributed by atoms with Gasteiger partial charge in [-0.1, -0.05) is 182 Å². The van der Waals surface area contributed by atoms with E-state index in [4.69, 9.17) is 0 Å². The predicted octanol–water partition coefficient (Wildman–Crippen LogP) is 15.6. The van der Waals surface area contributed by atoms with Crippen LogP contribution in [0.15, 0.2) is 194 Å². The zero-order valence-corrected chi connectivity index (χ0v) is 37.7. The Morgan fingerprint density at radius 1 is 0.333 bits per heavy atom. The molecule has 2 atom stereocenters. The number of allylic oxidation sites excluding steroid dienone is 2. The molecule has 0 amide bonds. The van der Waals surface area contributed by atoms with Crippen LogP contribution in [0.25, 0.3) is 77.9 Å². The summed E-state index contributed by atoms with van der Waals surface area (Å²) in [5.74, 6) is 0.276. The van der Waals surface area contributed by atoms with E-state index in [0.717, 1.165) is 90.7 Å². The molecule has 2 unspecified atom stereocenters. The molecule has 0 saturated carbocycles. The van der Waals surface area contributed by atoms with Crippen molar-refractivity contribution in [3.05, 3.63) is 216 Å².